The minimum absolute atomic E-state index is 0.0266. The molecule has 2 fully saturated rings. The first-order valence-electron chi connectivity index (χ1n) is 9.02. The van der Waals surface area contributed by atoms with Crippen molar-refractivity contribution in [2.45, 2.75) is 19.4 Å². The van der Waals surface area contributed by atoms with E-state index in [0.29, 0.717) is 44.0 Å². The first-order valence-corrected chi connectivity index (χ1v) is 10.8. The zero-order chi connectivity index (χ0) is 19.0. The average Bonchev–Trinajstić information content (AvgIpc) is 3.26. The van der Waals surface area contributed by atoms with Crippen LogP contribution in [-0.2, 0) is 9.84 Å². The smallest absolute Gasteiger partial charge is 0.254 e. The molecule has 144 valence electrons. The van der Waals surface area contributed by atoms with Crippen molar-refractivity contribution in [3.05, 3.63) is 35.7 Å². The molecule has 2 aromatic rings. The maximum absolute atomic E-state index is 12.9. The van der Waals surface area contributed by atoms with Crippen LogP contribution in [0.1, 0.15) is 22.6 Å². The number of rotatable bonds is 3. The lowest BCUT2D eigenvalue weighted by molar-refractivity contribution is 0.0588. The molecule has 1 aromatic carbocycles. The molecule has 27 heavy (non-hydrogen) atoms. The summed E-state index contributed by atoms with van der Waals surface area (Å²) in [6.45, 7) is 4.42. The number of hydrogen-bond donors (Lipinski definition) is 0. The summed E-state index contributed by atoms with van der Waals surface area (Å²) in [7, 11) is -2.89. The summed E-state index contributed by atoms with van der Waals surface area (Å²) in [5, 5.41) is 11.4. The molecule has 2 saturated heterocycles. The van der Waals surface area contributed by atoms with Crippen molar-refractivity contribution in [3.63, 3.8) is 0 Å². The van der Waals surface area contributed by atoms with Crippen molar-refractivity contribution < 1.29 is 13.2 Å². The van der Waals surface area contributed by atoms with E-state index in [1.54, 1.807) is 23.7 Å². The van der Waals surface area contributed by atoms with Crippen LogP contribution in [0.2, 0.25) is 0 Å². The molecule has 0 N–H and O–H groups in total. The molecule has 0 saturated carbocycles. The van der Waals surface area contributed by atoms with E-state index in [0.717, 1.165) is 5.69 Å². The van der Waals surface area contributed by atoms with E-state index in [4.69, 9.17) is 0 Å². The zero-order valence-corrected chi connectivity index (χ0v) is 16.0. The fourth-order valence-electron chi connectivity index (χ4n) is 3.78. The van der Waals surface area contributed by atoms with Gasteiger partial charge in [-0.25, -0.2) is 8.42 Å². The van der Waals surface area contributed by atoms with Gasteiger partial charge in [-0.05, 0) is 42.0 Å². The minimum Gasteiger partial charge on any atom is -0.336 e. The highest BCUT2D eigenvalue weighted by molar-refractivity contribution is 7.91. The Balaban J connectivity index is 1.42. The topological polar surface area (TPSA) is 101 Å². The molecule has 2 aliphatic rings. The Morgan fingerprint density at radius 2 is 1.96 bits per heavy atom. The number of carbonyl (C=O) groups is 1. The Bertz CT molecular complexity index is 949. The van der Waals surface area contributed by atoms with Crippen LogP contribution in [0.15, 0.2) is 24.3 Å². The quantitative estimate of drug-likeness (QED) is 0.722. The molecule has 3 heterocycles. The van der Waals surface area contributed by atoms with Crippen molar-refractivity contribution in [2.24, 2.45) is 0 Å². The number of aromatic nitrogens is 4. The summed E-state index contributed by atoms with van der Waals surface area (Å²) in [5.74, 6) is 1.15. The van der Waals surface area contributed by atoms with Crippen molar-refractivity contribution in [3.8, 4) is 5.69 Å². The lowest BCUT2D eigenvalue weighted by atomic mass is 10.1. The predicted molar refractivity (Wildman–Crippen MR) is 98.4 cm³/mol. The molecule has 9 nitrogen and oxygen atoms in total. The van der Waals surface area contributed by atoms with Crippen molar-refractivity contribution >= 4 is 15.7 Å². The van der Waals surface area contributed by atoms with Crippen LogP contribution in [0.4, 0.5) is 0 Å². The fraction of sp³-hybridized carbons (Fsp3) is 0.529. The van der Waals surface area contributed by atoms with Gasteiger partial charge in [-0.15, -0.1) is 5.10 Å². The molecule has 1 amide bonds. The molecule has 0 bridgehead atoms. The largest absolute Gasteiger partial charge is 0.336 e. The molecular weight excluding hydrogens is 368 g/mol. The zero-order valence-electron chi connectivity index (χ0n) is 15.2. The molecule has 2 aliphatic heterocycles. The highest BCUT2D eigenvalue weighted by Gasteiger charge is 2.34. The summed E-state index contributed by atoms with van der Waals surface area (Å²) in [6, 6.07) is 7.36. The van der Waals surface area contributed by atoms with Gasteiger partial charge >= 0.3 is 0 Å². The summed E-state index contributed by atoms with van der Waals surface area (Å²) >= 11 is 0. The van der Waals surface area contributed by atoms with Gasteiger partial charge in [0.15, 0.2) is 15.7 Å². The van der Waals surface area contributed by atoms with Crippen LogP contribution in [0.5, 0.6) is 0 Å². The van der Waals surface area contributed by atoms with Gasteiger partial charge in [-0.1, -0.05) is 6.07 Å². The van der Waals surface area contributed by atoms with Crippen LogP contribution in [0.25, 0.3) is 5.69 Å². The molecule has 10 heteroatoms. The van der Waals surface area contributed by atoms with Crippen molar-refractivity contribution in [1.29, 1.82) is 0 Å². The molecule has 0 aliphatic carbocycles. The molecule has 1 atom stereocenters. The number of carbonyl (C=O) groups excluding carboxylic acids is 1. The summed E-state index contributed by atoms with van der Waals surface area (Å²) < 4.78 is 25.0. The lowest BCUT2D eigenvalue weighted by Crippen LogP contribution is -2.52. The second kappa shape index (κ2) is 7.01. The lowest BCUT2D eigenvalue weighted by Gasteiger charge is -2.37. The Hall–Kier alpha value is -2.33. The molecule has 0 unspecified atom stereocenters. The Morgan fingerprint density at radius 3 is 2.59 bits per heavy atom. The monoisotopic (exact) mass is 390 g/mol. The van der Waals surface area contributed by atoms with Crippen molar-refractivity contribution in [2.75, 3.05) is 37.7 Å². The van der Waals surface area contributed by atoms with E-state index in [-0.39, 0.29) is 23.5 Å². The molecule has 0 spiro atoms. The summed E-state index contributed by atoms with van der Waals surface area (Å²) in [6.07, 6.45) is 0.698. The Morgan fingerprint density at radius 1 is 1.19 bits per heavy atom. The number of hydrogen-bond acceptors (Lipinski definition) is 7. The van der Waals surface area contributed by atoms with E-state index >= 15 is 0 Å². The summed E-state index contributed by atoms with van der Waals surface area (Å²) in [5.41, 5.74) is 1.34. The maximum Gasteiger partial charge on any atom is 0.254 e. The normalized spacial score (nSPS) is 22.9. The van der Waals surface area contributed by atoms with Crippen LogP contribution < -0.4 is 0 Å². The van der Waals surface area contributed by atoms with Gasteiger partial charge in [-0.2, -0.15) is 4.68 Å². The third-order valence-corrected chi connectivity index (χ3v) is 7.04. The van der Waals surface area contributed by atoms with E-state index in [1.165, 1.54) is 0 Å². The molecular formula is C17H22N6O3S. The van der Waals surface area contributed by atoms with Gasteiger partial charge in [0.1, 0.15) is 0 Å². The second-order valence-corrected chi connectivity index (χ2v) is 9.30. The number of amides is 1. The van der Waals surface area contributed by atoms with Gasteiger partial charge in [0, 0.05) is 37.8 Å². The van der Waals surface area contributed by atoms with E-state index in [2.05, 4.69) is 20.4 Å². The predicted octanol–water partition coefficient (Wildman–Crippen LogP) is -0.0844. The van der Waals surface area contributed by atoms with Crippen LogP contribution in [0.3, 0.4) is 0 Å². The number of sulfone groups is 1. The van der Waals surface area contributed by atoms with E-state index < -0.39 is 9.84 Å². The van der Waals surface area contributed by atoms with Gasteiger partial charge < -0.3 is 4.90 Å². The van der Waals surface area contributed by atoms with E-state index in [1.807, 2.05) is 17.0 Å². The highest BCUT2D eigenvalue weighted by Crippen LogP contribution is 2.20. The third-order valence-electron chi connectivity index (χ3n) is 5.29. The van der Waals surface area contributed by atoms with Crippen LogP contribution >= 0.6 is 0 Å². The van der Waals surface area contributed by atoms with E-state index in [9.17, 15) is 13.2 Å². The number of aryl methyl sites for hydroxylation is 1. The first-order chi connectivity index (χ1) is 12.9. The standard InChI is InChI=1S/C17H22N6O3S/c1-13-18-19-20-23(13)15-4-2-3-14(11-15)17(24)22-8-6-21(7-9-22)16-5-10-27(25,26)12-16/h2-4,11,16H,5-10,12H2,1H3/t16-/m1/s1. The average molecular weight is 390 g/mol. The second-order valence-electron chi connectivity index (χ2n) is 7.07. The first kappa shape index (κ1) is 18.1. The van der Waals surface area contributed by atoms with Gasteiger partial charge in [0.05, 0.1) is 17.2 Å². The van der Waals surface area contributed by atoms with Gasteiger partial charge in [0.25, 0.3) is 5.91 Å². The molecule has 4 rings (SSSR count). The Labute approximate surface area is 157 Å². The van der Waals surface area contributed by atoms with Gasteiger partial charge in [-0.3, -0.25) is 9.69 Å². The summed E-state index contributed by atoms with van der Waals surface area (Å²) in [4.78, 5) is 16.9. The van der Waals surface area contributed by atoms with Crippen LogP contribution in [-0.4, -0.2) is 88.1 Å². The number of tetrazole rings is 1. The molecule has 1 aromatic heterocycles. The molecule has 0 radical (unpaired) electrons. The van der Waals surface area contributed by atoms with Crippen molar-refractivity contribution in [1.82, 2.24) is 30.0 Å². The van der Waals surface area contributed by atoms with Gasteiger partial charge in [0.2, 0.25) is 0 Å². The number of nitrogens with zero attached hydrogens (tertiary/aromatic N) is 6. The highest BCUT2D eigenvalue weighted by atomic mass is 32.2. The van der Waals surface area contributed by atoms with Crippen LogP contribution in [0, 0.1) is 6.92 Å². The Kier molecular flexibility index (Phi) is 4.68. The SMILES string of the molecule is Cc1nnnn1-c1cccc(C(=O)N2CCN([C@@H]3CCS(=O)(=O)C3)CC2)c1. The minimum atomic E-state index is -2.89. The number of benzene rings is 1. The third kappa shape index (κ3) is 3.72. The number of piperazine rings is 1. The fourth-order valence-corrected chi connectivity index (χ4v) is 5.54. The maximum atomic E-state index is 12.9.